The van der Waals surface area contributed by atoms with Gasteiger partial charge in [0.05, 0.1) is 11.1 Å². The largest absolute Gasteiger partial charge is 0.343 e. The van der Waals surface area contributed by atoms with Gasteiger partial charge in [0.15, 0.2) is 0 Å². The molecule has 0 radical (unpaired) electrons. The van der Waals surface area contributed by atoms with Gasteiger partial charge in [-0.05, 0) is 41.5 Å². The van der Waals surface area contributed by atoms with Crippen LogP contribution in [-0.2, 0) is 24.7 Å². The first kappa shape index (κ1) is 19.8. The van der Waals surface area contributed by atoms with Crippen molar-refractivity contribution in [2.75, 3.05) is 0 Å². The van der Waals surface area contributed by atoms with Crippen LogP contribution in [0.15, 0.2) is 24.3 Å². The SMILES string of the molecule is CCCCc1ccc2c(c1F)C(F)(F)C(F)(F)c1c-2ccc(CCC)c1F. The van der Waals surface area contributed by atoms with Crippen molar-refractivity contribution in [1.29, 1.82) is 0 Å². The summed E-state index contributed by atoms with van der Waals surface area (Å²) in [5.74, 6) is -12.3. The summed E-state index contributed by atoms with van der Waals surface area (Å²) in [5, 5.41) is 0. The van der Waals surface area contributed by atoms with E-state index < -0.39 is 34.6 Å². The minimum atomic E-state index is -4.84. The Morgan fingerprint density at radius 1 is 0.667 bits per heavy atom. The minimum absolute atomic E-state index is 0.0300. The molecule has 6 heteroatoms. The highest BCUT2D eigenvalue weighted by molar-refractivity contribution is 5.77. The van der Waals surface area contributed by atoms with Crippen LogP contribution in [0, 0.1) is 11.6 Å². The van der Waals surface area contributed by atoms with Crippen LogP contribution in [0.5, 0.6) is 0 Å². The van der Waals surface area contributed by atoms with E-state index in [-0.39, 0.29) is 35.1 Å². The molecular formula is C21H20F6. The lowest BCUT2D eigenvalue weighted by atomic mass is 9.78. The summed E-state index contributed by atoms with van der Waals surface area (Å²) < 4.78 is 88.5. The number of fused-ring (bicyclic) bond motifs is 3. The second kappa shape index (κ2) is 6.88. The van der Waals surface area contributed by atoms with Gasteiger partial charge in [-0.25, -0.2) is 8.78 Å². The highest BCUT2D eigenvalue weighted by atomic mass is 19.3. The highest BCUT2D eigenvalue weighted by Gasteiger charge is 2.65. The van der Waals surface area contributed by atoms with Gasteiger partial charge in [-0.2, -0.15) is 17.6 Å². The van der Waals surface area contributed by atoms with Crippen LogP contribution in [0.25, 0.3) is 11.1 Å². The molecule has 146 valence electrons. The molecule has 0 aliphatic heterocycles. The van der Waals surface area contributed by atoms with E-state index in [1.165, 1.54) is 24.3 Å². The van der Waals surface area contributed by atoms with Crippen LogP contribution in [0.4, 0.5) is 26.3 Å². The summed E-state index contributed by atoms with van der Waals surface area (Å²) in [6, 6.07) is 5.02. The van der Waals surface area contributed by atoms with Gasteiger partial charge in [0.25, 0.3) is 0 Å². The average molecular weight is 386 g/mol. The summed E-state index contributed by atoms with van der Waals surface area (Å²) in [6.07, 6.45) is 2.05. The quantitative estimate of drug-likeness (QED) is 0.480. The first-order valence-electron chi connectivity index (χ1n) is 9.08. The number of aryl methyl sites for hydroxylation is 2. The Morgan fingerprint density at radius 2 is 1.11 bits per heavy atom. The minimum Gasteiger partial charge on any atom is -0.206 e. The zero-order valence-electron chi connectivity index (χ0n) is 15.1. The number of benzene rings is 2. The van der Waals surface area contributed by atoms with Gasteiger partial charge in [0, 0.05) is 0 Å². The zero-order valence-corrected chi connectivity index (χ0v) is 15.1. The fraction of sp³-hybridized carbons (Fsp3) is 0.429. The van der Waals surface area contributed by atoms with Crippen molar-refractivity contribution >= 4 is 0 Å². The van der Waals surface area contributed by atoms with Crippen molar-refractivity contribution < 1.29 is 26.3 Å². The Morgan fingerprint density at radius 3 is 1.52 bits per heavy atom. The summed E-state index contributed by atoms with van der Waals surface area (Å²) >= 11 is 0. The molecule has 27 heavy (non-hydrogen) atoms. The third-order valence-corrected chi connectivity index (χ3v) is 5.08. The number of alkyl halides is 4. The topological polar surface area (TPSA) is 0 Å². The Hall–Kier alpha value is -1.98. The fourth-order valence-corrected chi connectivity index (χ4v) is 3.64. The third-order valence-electron chi connectivity index (χ3n) is 5.08. The van der Waals surface area contributed by atoms with Gasteiger partial charge in [0.2, 0.25) is 0 Å². The Kier molecular flexibility index (Phi) is 5.04. The molecule has 0 unspecified atom stereocenters. The molecule has 3 rings (SSSR count). The second-order valence-corrected chi connectivity index (χ2v) is 6.92. The standard InChI is InChI=1S/C21H20F6/c1-3-5-7-13-9-11-15-14-10-8-12(6-4-2)18(22)16(14)20(24,25)21(26,27)17(15)19(13)23/h8-11H,3-7H2,1-2H3. The van der Waals surface area contributed by atoms with E-state index in [4.69, 9.17) is 0 Å². The maximum atomic E-state index is 14.8. The van der Waals surface area contributed by atoms with Crippen molar-refractivity contribution in [1.82, 2.24) is 0 Å². The van der Waals surface area contributed by atoms with E-state index in [2.05, 4.69) is 0 Å². The van der Waals surface area contributed by atoms with Gasteiger partial charge in [-0.3, -0.25) is 0 Å². The van der Waals surface area contributed by atoms with E-state index in [1.54, 1.807) is 6.92 Å². The Labute approximate surface area is 154 Å². The number of hydrogen-bond acceptors (Lipinski definition) is 0. The molecule has 0 atom stereocenters. The molecular weight excluding hydrogens is 366 g/mol. The van der Waals surface area contributed by atoms with Crippen molar-refractivity contribution in [2.45, 2.75) is 57.8 Å². The summed E-state index contributed by atoms with van der Waals surface area (Å²) in [5.41, 5.74) is -3.50. The third kappa shape index (κ3) is 2.84. The molecule has 0 fully saturated rings. The smallest absolute Gasteiger partial charge is 0.206 e. The van der Waals surface area contributed by atoms with Crippen molar-refractivity contribution in [3.63, 3.8) is 0 Å². The lowest BCUT2D eigenvalue weighted by Gasteiger charge is -2.36. The van der Waals surface area contributed by atoms with Gasteiger partial charge >= 0.3 is 11.8 Å². The lowest BCUT2D eigenvalue weighted by molar-refractivity contribution is -0.227. The normalized spacial score (nSPS) is 16.7. The summed E-state index contributed by atoms with van der Waals surface area (Å²) in [6.45, 7) is 3.58. The molecule has 0 N–H and O–H groups in total. The zero-order chi connectivity index (χ0) is 20.0. The van der Waals surface area contributed by atoms with Crippen LogP contribution >= 0.6 is 0 Å². The molecule has 1 aliphatic rings. The van der Waals surface area contributed by atoms with E-state index in [9.17, 15) is 26.3 Å². The maximum Gasteiger partial charge on any atom is 0.343 e. The summed E-state index contributed by atoms with van der Waals surface area (Å²) in [4.78, 5) is 0. The van der Waals surface area contributed by atoms with Crippen molar-refractivity contribution in [3.8, 4) is 11.1 Å². The first-order chi connectivity index (χ1) is 12.7. The second-order valence-electron chi connectivity index (χ2n) is 6.92. The molecule has 0 heterocycles. The maximum absolute atomic E-state index is 14.8. The monoisotopic (exact) mass is 386 g/mol. The summed E-state index contributed by atoms with van der Waals surface area (Å²) in [7, 11) is 0. The molecule has 2 aromatic rings. The molecule has 2 aromatic carbocycles. The van der Waals surface area contributed by atoms with Gasteiger partial charge < -0.3 is 0 Å². The van der Waals surface area contributed by atoms with Crippen molar-refractivity contribution in [3.05, 3.63) is 58.2 Å². The number of halogens is 6. The molecule has 1 aliphatic carbocycles. The van der Waals surface area contributed by atoms with Crippen molar-refractivity contribution in [2.24, 2.45) is 0 Å². The molecule has 0 saturated carbocycles. The van der Waals surface area contributed by atoms with E-state index in [0.717, 1.165) is 0 Å². The van der Waals surface area contributed by atoms with Crippen LogP contribution in [0.3, 0.4) is 0 Å². The molecule has 0 nitrogen and oxygen atoms in total. The first-order valence-corrected chi connectivity index (χ1v) is 9.08. The predicted octanol–water partition coefficient (Wildman–Crippen LogP) is 7.12. The molecule has 0 amide bonds. The van der Waals surface area contributed by atoms with Crippen LogP contribution < -0.4 is 0 Å². The number of hydrogen-bond donors (Lipinski definition) is 0. The van der Waals surface area contributed by atoms with E-state index in [1.807, 2.05) is 6.92 Å². The van der Waals surface area contributed by atoms with Gasteiger partial charge in [-0.15, -0.1) is 0 Å². The van der Waals surface area contributed by atoms with Crippen LogP contribution in [0.2, 0.25) is 0 Å². The van der Waals surface area contributed by atoms with Gasteiger partial charge in [-0.1, -0.05) is 51.0 Å². The molecule has 0 spiro atoms. The Balaban J connectivity index is 2.32. The number of unbranched alkanes of at least 4 members (excludes halogenated alkanes) is 1. The van der Waals surface area contributed by atoms with E-state index >= 15 is 0 Å². The molecule has 0 aromatic heterocycles. The number of rotatable bonds is 5. The Bertz CT molecular complexity index is 869. The molecule has 0 saturated heterocycles. The van der Waals surface area contributed by atoms with Crippen LogP contribution in [0.1, 0.15) is 55.4 Å². The molecule has 0 bridgehead atoms. The van der Waals surface area contributed by atoms with Crippen LogP contribution in [-0.4, -0.2) is 0 Å². The fourth-order valence-electron chi connectivity index (χ4n) is 3.64. The lowest BCUT2D eigenvalue weighted by Crippen LogP contribution is -2.41. The van der Waals surface area contributed by atoms with E-state index in [0.29, 0.717) is 19.3 Å². The highest BCUT2D eigenvalue weighted by Crippen LogP contribution is 2.59. The van der Waals surface area contributed by atoms with Gasteiger partial charge in [0.1, 0.15) is 11.6 Å². The predicted molar refractivity (Wildman–Crippen MR) is 92.2 cm³/mol. The average Bonchev–Trinajstić information content (AvgIpc) is 2.60.